The van der Waals surface area contributed by atoms with Crippen LogP contribution < -0.4 is 16.4 Å². The Bertz CT molecular complexity index is 988. The minimum absolute atomic E-state index is 0.322. The summed E-state index contributed by atoms with van der Waals surface area (Å²) in [6.45, 7) is 0. The Hall–Kier alpha value is -4.00. The number of nitrogens with zero attached hydrogens (tertiary/aromatic N) is 1. The molecule has 3 aromatic rings. The van der Waals surface area contributed by atoms with Crippen LogP contribution in [0.15, 0.2) is 73.1 Å². The number of nitrogen functional groups attached to an aromatic ring is 1. The topological polar surface area (TPSA) is 114 Å². The summed E-state index contributed by atoms with van der Waals surface area (Å²) in [5.41, 5.74) is 8.19. The number of pyridine rings is 1. The third-order valence-electron chi connectivity index (χ3n) is 4.09. The summed E-state index contributed by atoms with van der Waals surface area (Å²) in [5.74, 6) is -1.76. The van der Waals surface area contributed by atoms with Crippen LogP contribution in [0.3, 0.4) is 0 Å². The molecule has 2 aromatic carbocycles. The van der Waals surface area contributed by atoms with E-state index in [9.17, 15) is 14.4 Å². The Morgan fingerprint density at radius 1 is 0.964 bits per heavy atom. The van der Waals surface area contributed by atoms with E-state index in [-0.39, 0.29) is 5.91 Å². The van der Waals surface area contributed by atoms with Gasteiger partial charge in [-0.15, -0.1) is 0 Å². The van der Waals surface area contributed by atoms with E-state index in [1.807, 2.05) is 0 Å². The zero-order chi connectivity index (χ0) is 19.9. The highest BCUT2D eigenvalue weighted by atomic mass is 16.2. The average Bonchev–Trinajstić information content (AvgIpc) is 2.71. The monoisotopic (exact) mass is 374 g/mol. The fourth-order valence-electron chi connectivity index (χ4n) is 2.58. The summed E-state index contributed by atoms with van der Waals surface area (Å²) in [6.07, 6.45) is 3.61. The Kier molecular flexibility index (Phi) is 5.76. The van der Waals surface area contributed by atoms with Gasteiger partial charge in [0.1, 0.15) is 12.2 Å². The maximum absolute atomic E-state index is 12.4. The number of benzene rings is 2. The molecule has 0 fully saturated rings. The molecule has 1 atom stereocenters. The molecule has 0 aliphatic heterocycles. The molecule has 0 spiro atoms. The largest absolute Gasteiger partial charge is 0.397 e. The van der Waals surface area contributed by atoms with Gasteiger partial charge in [0.05, 0.1) is 11.4 Å². The molecule has 0 bridgehead atoms. The van der Waals surface area contributed by atoms with Crippen LogP contribution in [0.25, 0.3) is 0 Å². The number of carbonyl (C=O) groups excluding carboxylic acids is 3. The van der Waals surface area contributed by atoms with Gasteiger partial charge in [0, 0.05) is 23.6 Å². The lowest BCUT2D eigenvalue weighted by Crippen LogP contribution is -2.22. The summed E-state index contributed by atoms with van der Waals surface area (Å²) in [5, 5.41) is 5.40. The molecule has 2 amide bonds. The van der Waals surface area contributed by atoms with E-state index in [2.05, 4.69) is 15.6 Å². The number of hydrogen-bond donors (Lipinski definition) is 3. The van der Waals surface area contributed by atoms with Crippen LogP contribution in [0.1, 0.15) is 21.8 Å². The quantitative estimate of drug-likeness (QED) is 0.349. The van der Waals surface area contributed by atoms with Gasteiger partial charge in [0.15, 0.2) is 0 Å². The van der Waals surface area contributed by atoms with Crippen molar-refractivity contribution in [2.24, 2.45) is 0 Å². The lowest BCUT2D eigenvalue weighted by Gasteiger charge is -2.12. The average molecular weight is 374 g/mol. The normalized spacial score (nSPS) is 11.3. The van der Waals surface area contributed by atoms with Gasteiger partial charge in [-0.05, 0) is 48.0 Å². The summed E-state index contributed by atoms with van der Waals surface area (Å²) >= 11 is 0. The van der Waals surface area contributed by atoms with E-state index in [1.165, 1.54) is 6.20 Å². The molecule has 7 heteroatoms. The second-order valence-corrected chi connectivity index (χ2v) is 6.01. The number of nitrogens with one attached hydrogen (secondary N) is 2. The highest BCUT2D eigenvalue weighted by Crippen LogP contribution is 2.19. The molecular formula is C21H18N4O3. The molecule has 1 unspecified atom stereocenters. The molecular weight excluding hydrogens is 356 g/mol. The molecule has 140 valence electrons. The second kappa shape index (κ2) is 8.59. The first kappa shape index (κ1) is 18.8. The van der Waals surface area contributed by atoms with Crippen LogP contribution in [0.4, 0.5) is 17.1 Å². The third kappa shape index (κ3) is 4.39. The van der Waals surface area contributed by atoms with Crippen LogP contribution in [-0.4, -0.2) is 23.1 Å². The SMILES string of the molecule is Nc1ccccc1NC(=O)c1ccc(NC(=O)C(C=O)c2cccnc2)cc1. The van der Waals surface area contributed by atoms with Crippen molar-refractivity contribution in [3.8, 4) is 0 Å². The van der Waals surface area contributed by atoms with Crippen molar-refractivity contribution in [1.29, 1.82) is 0 Å². The second-order valence-electron chi connectivity index (χ2n) is 6.01. The molecule has 7 nitrogen and oxygen atoms in total. The van der Waals surface area contributed by atoms with Crippen LogP contribution in [-0.2, 0) is 9.59 Å². The van der Waals surface area contributed by atoms with E-state index >= 15 is 0 Å². The number of anilines is 3. The first-order valence-electron chi connectivity index (χ1n) is 8.50. The number of hydrogen-bond acceptors (Lipinski definition) is 5. The molecule has 0 aliphatic rings. The van der Waals surface area contributed by atoms with Crippen LogP contribution in [0.5, 0.6) is 0 Å². The molecule has 28 heavy (non-hydrogen) atoms. The number of amides is 2. The van der Waals surface area contributed by atoms with E-state index in [4.69, 9.17) is 5.73 Å². The van der Waals surface area contributed by atoms with Gasteiger partial charge in [-0.3, -0.25) is 14.6 Å². The summed E-state index contributed by atoms with van der Waals surface area (Å²) in [7, 11) is 0. The summed E-state index contributed by atoms with van der Waals surface area (Å²) in [4.78, 5) is 40.0. The van der Waals surface area contributed by atoms with E-state index in [0.717, 1.165) is 0 Å². The number of aromatic nitrogens is 1. The molecule has 1 aromatic heterocycles. The molecule has 4 N–H and O–H groups in total. The zero-order valence-corrected chi connectivity index (χ0v) is 14.8. The summed E-state index contributed by atoms with van der Waals surface area (Å²) < 4.78 is 0. The Labute approximate surface area is 161 Å². The van der Waals surface area contributed by atoms with Crippen molar-refractivity contribution < 1.29 is 14.4 Å². The first-order valence-corrected chi connectivity index (χ1v) is 8.50. The van der Waals surface area contributed by atoms with Gasteiger partial charge >= 0.3 is 0 Å². The molecule has 1 heterocycles. The van der Waals surface area contributed by atoms with E-state index < -0.39 is 11.8 Å². The minimum atomic E-state index is -0.960. The maximum atomic E-state index is 12.4. The molecule has 0 saturated carbocycles. The Morgan fingerprint density at radius 2 is 1.71 bits per heavy atom. The minimum Gasteiger partial charge on any atom is -0.397 e. The lowest BCUT2D eigenvalue weighted by molar-refractivity contribution is -0.122. The number of aldehydes is 1. The van der Waals surface area contributed by atoms with Gasteiger partial charge in [-0.2, -0.15) is 0 Å². The highest BCUT2D eigenvalue weighted by molar-refractivity contribution is 6.07. The fraction of sp³-hybridized carbons (Fsp3) is 0.0476. The van der Waals surface area contributed by atoms with Gasteiger partial charge < -0.3 is 21.2 Å². The predicted molar refractivity (Wildman–Crippen MR) is 107 cm³/mol. The van der Waals surface area contributed by atoms with Crippen molar-refractivity contribution in [3.05, 3.63) is 84.2 Å². The number of para-hydroxylation sites is 2. The Balaban J connectivity index is 1.67. The maximum Gasteiger partial charge on any atom is 0.255 e. The molecule has 0 aliphatic carbocycles. The van der Waals surface area contributed by atoms with Crippen molar-refractivity contribution in [2.75, 3.05) is 16.4 Å². The highest BCUT2D eigenvalue weighted by Gasteiger charge is 2.20. The molecule has 3 rings (SSSR count). The van der Waals surface area contributed by atoms with Crippen molar-refractivity contribution in [3.63, 3.8) is 0 Å². The third-order valence-corrected chi connectivity index (χ3v) is 4.09. The van der Waals surface area contributed by atoms with Crippen molar-refractivity contribution in [2.45, 2.75) is 5.92 Å². The molecule has 0 radical (unpaired) electrons. The van der Waals surface area contributed by atoms with E-state index in [0.29, 0.717) is 34.5 Å². The van der Waals surface area contributed by atoms with Crippen molar-refractivity contribution >= 4 is 35.2 Å². The number of nitrogens with two attached hydrogens (primary N) is 1. The smallest absolute Gasteiger partial charge is 0.255 e. The summed E-state index contributed by atoms with van der Waals surface area (Å²) in [6, 6.07) is 16.6. The number of carbonyl (C=O) groups is 3. The zero-order valence-electron chi connectivity index (χ0n) is 14.8. The standard InChI is InChI=1S/C21H18N4O3/c22-18-5-1-2-6-19(18)25-20(27)14-7-9-16(10-8-14)24-21(28)17(13-26)15-4-3-11-23-12-15/h1-13,17H,22H2,(H,24,28)(H,25,27). The Morgan fingerprint density at radius 3 is 2.36 bits per heavy atom. The van der Waals surface area contributed by atoms with Gasteiger partial charge in [0.2, 0.25) is 5.91 Å². The van der Waals surface area contributed by atoms with Crippen LogP contribution in [0, 0.1) is 0 Å². The molecule has 0 saturated heterocycles. The van der Waals surface area contributed by atoms with Gasteiger partial charge in [-0.1, -0.05) is 18.2 Å². The van der Waals surface area contributed by atoms with E-state index in [1.54, 1.807) is 66.9 Å². The van der Waals surface area contributed by atoms with Crippen LogP contribution >= 0.6 is 0 Å². The lowest BCUT2D eigenvalue weighted by atomic mass is 10.0. The van der Waals surface area contributed by atoms with Crippen LogP contribution in [0.2, 0.25) is 0 Å². The fourth-order valence-corrected chi connectivity index (χ4v) is 2.58. The number of rotatable bonds is 6. The first-order chi connectivity index (χ1) is 13.6. The van der Waals surface area contributed by atoms with Gasteiger partial charge in [-0.25, -0.2) is 0 Å². The predicted octanol–water partition coefficient (Wildman–Crippen LogP) is 2.84. The van der Waals surface area contributed by atoms with Crippen molar-refractivity contribution in [1.82, 2.24) is 4.98 Å². The van der Waals surface area contributed by atoms with Gasteiger partial charge in [0.25, 0.3) is 5.91 Å².